The molecule has 0 aliphatic carbocycles. The van der Waals surface area contributed by atoms with E-state index in [-0.39, 0.29) is 25.0 Å². The zero-order chi connectivity index (χ0) is 12.9. The summed E-state index contributed by atoms with van der Waals surface area (Å²) in [5.74, 6) is -0.213. The van der Waals surface area contributed by atoms with Crippen LogP contribution in [0, 0.1) is 5.82 Å². The molecule has 17 heavy (non-hydrogen) atoms. The Morgan fingerprint density at radius 2 is 2.06 bits per heavy atom. The second-order valence-corrected chi connectivity index (χ2v) is 4.73. The predicted molar refractivity (Wildman–Crippen MR) is 65.3 cm³/mol. The molecule has 1 aromatic carbocycles. The molecule has 0 bridgehead atoms. The molecule has 0 saturated carbocycles. The van der Waals surface area contributed by atoms with Gasteiger partial charge in [0, 0.05) is 12.6 Å². The summed E-state index contributed by atoms with van der Waals surface area (Å²) in [6.45, 7) is 3.45. The number of hydrogen-bond acceptors (Lipinski definition) is 3. The largest absolute Gasteiger partial charge is 0.393 e. The third-order valence-corrected chi connectivity index (χ3v) is 2.66. The summed E-state index contributed by atoms with van der Waals surface area (Å²) in [4.78, 5) is 0. The van der Waals surface area contributed by atoms with Gasteiger partial charge in [0.05, 0.1) is 12.2 Å². The SMILES string of the molecule is CC(Cc1ccccc1F)NCC(C)(O)CO. The molecule has 0 saturated heterocycles. The van der Waals surface area contributed by atoms with Gasteiger partial charge in [-0.25, -0.2) is 4.39 Å². The molecule has 0 heterocycles. The summed E-state index contributed by atoms with van der Waals surface area (Å²) < 4.78 is 13.4. The van der Waals surface area contributed by atoms with Gasteiger partial charge in [-0.3, -0.25) is 0 Å². The highest BCUT2D eigenvalue weighted by Crippen LogP contribution is 2.09. The first-order chi connectivity index (χ1) is 7.94. The maximum Gasteiger partial charge on any atom is 0.126 e. The Labute approximate surface area is 101 Å². The lowest BCUT2D eigenvalue weighted by molar-refractivity contribution is 0.00110. The number of aliphatic hydroxyl groups excluding tert-OH is 1. The van der Waals surface area contributed by atoms with Crippen molar-refractivity contribution in [1.29, 1.82) is 0 Å². The van der Waals surface area contributed by atoms with Crippen molar-refractivity contribution >= 4 is 0 Å². The van der Waals surface area contributed by atoms with Crippen molar-refractivity contribution in [3.63, 3.8) is 0 Å². The van der Waals surface area contributed by atoms with Crippen molar-refractivity contribution < 1.29 is 14.6 Å². The summed E-state index contributed by atoms with van der Waals surface area (Å²) in [5, 5.41) is 21.6. The molecular weight excluding hydrogens is 221 g/mol. The Hall–Kier alpha value is -0.970. The second-order valence-electron chi connectivity index (χ2n) is 4.73. The van der Waals surface area contributed by atoms with E-state index in [0.29, 0.717) is 12.0 Å². The van der Waals surface area contributed by atoms with Gasteiger partial charge in [-0.15, -0.1) is 0 Å². The molecule has 2 atom stereocenters. The van der Waals surface area contributed by atoms with Crippen LogP contribution in [0.2, 0.25) is 0 Å². The van der Waals surface area contributed by atoms with Crippen LogP contribution in [-0.2, 0) is 6.42 Å². The molecule has 96 valence electrons. The van der Waals surface area contributed by atoms with E-state index in [9.17, 15) is 9.50 Å². The van der Waals surface area contributed by atoms with Gasteiger partial charge < -0.3 is 15.5 Å². The molecule has 0 fully saturated rings. The molecule has 0 aliphatic heterocycles. The van der Waals surface area contributed by atoms with Crippen molar-refractivity contribution in [3.8, 4) is 0 Å². The van der Waals surface area contributed by atoms with Gasteiger partial charge in [0.15, 0.2) is 0 Å². The Morgan fingerprint density at radius 3 is 2.65 bits per heavy atom. The Bertz CT molecular complexity index is 355. The van der Waals surface area contributed by atoms with Crippen LogP contribution in [0.4, 0.5) is 4.39 Å². The minimum atomic E-state index is -1.14. The minimum Gasteiger partial charge on any atom is -0.393 e. The summed E-state index contributed by atoms with van der Waals surface area (Å²) in [6.07, 6.45) is 0.550. The fourth-order valence-corrected chi connectivity index (χ4v) is 1.52. The number of aliphatic hydroxyl groups is 2. The summed E-state index contributed by atoms with van der Waals surface area (Å²) in [6, 6.07) is 6.68. The molecule has 0 aliphatic rings. The lowest BCUT2D eigenvalue weighted by Crippen LogP contribution is -2.44. The highest BCUT2D eigenvalue weighted by atomic mass is 19.1. The minimum absolute atomic E-state index is 0.0323. The topological polar surface area (TPSA) is 52.5 Å². The number of halogens is 1. The molecule has 2 unspecified atom stereocenters. The third-order valence-electron chi connectivity index (χ3n) is 2.66. The van der Waals surface area contributed by atoms with Gasteiger partial charge in [0.2, 0.25) is 0 Å². The molecule has 3 nitrogen and oxygen atoms in total. The lowest BCUT2D eigenvalue weighted by atomic mass is 10.0. The molecule has 0 spiro atoms. The van der Waals surface area contributed by atoms with Crippen molar-refractivity contribution in [1.82, 2.24) is 5.32 Å². The fourth-order valence-electron chi connectivity index (χ4n) is 1.52. The van der Waals surface area contributed by atoms with Crippen molar-refractivity contribution in [2.45, 2.75) is 31.9 Å². The number of rotatable bonds is 6. The van der Waals surface area contributed by atoms with E-state index in [4.69, 9.17) is 5.11 Å². The van der Waals surface area contributed by atoms with Crippen molar-refractivity contribution in [2.24, 2.45) is 0 Å². The first kappa shape index (κ1) is 14.1. The summed E-state index contributed by atoms with van der Waals surface area (Å²) in [5.41, 5.74) is -0.486. The van der Waals surface area contributed by atoms with Gasteiger partial charge in [-0.2, -0.15) is 0 Å². The number of benzene rings is 1. The zero-order valence-electron chi connectivity index (χ0n) is 10.3. The zero-order valence-corrected chi connectivity index (χ0v) is 10.3. The van der Waals surface area contributed by atoms with Crippen LogP contribution in [0.15, 0.2) is 24.3 Å². The van der Waals surface area contributed by atoms with Crippen LogP contribution in [0.25, 0.3) is 0 Å². The van der Waals surface area contributed by atoms with Gasteiger partial charge in [0.25, 0.3) is 0 Å². The Kier molecular flexibility index (Phi) is 5.05. The van der Waals surface area contributed by atoms with Crippen LogP contribution in [0.3, 0.4) is 0 Å². The maximum absolute atomic E-state index is 13.4. The molecule has 4 heteroatoms. The van der Waals surface area contributed by atoms with Crippen molar-refractivity contribution in [3.05, 3.63) is 35.6 Å². The summed E-state index contributed by atoms with van der Waals surface area (Å²) in [7, 11) is 0. The van der Waals surface area contributed by atoms with E-state index in [2.05, 4.69) is 5.32 Å². The van der Waals surface area contributed by atoms with E-state index in [1.165, 1.54) is 6.07 Å². The van der Waals surface area contributed by atoms with Gasteiger partial charge in [-0.1, -0.05) is 18.2 Å². The van der Waals surface area contributed by atoms with Crippen LogP contribution < -0.4 is 5.32 Å². The predicted octanol–water partition coefficient (Wildman–Crippen LogP) is 1.09. The van der Waals surface area contributed by atoms with Crippen LogP contribution in [0.5, 0.6) is 0 Å². The first-order valence-electron chi connectivity index (χ1n) is 5.74. The maximum atomic E-state index is 13.4. The molecule has 0 radical (unpaired) electrons. The highest BCUT2D eigenvalue weighted by molar-refractivity contribution is 5.18. The van der Waals surface area contributed by atoms with E-state index in [1.807, 2.05) is 6.92 Å². The smallest absolute Gasteiger partial charge is 0.126 e. The van der Waals surface area contributed by atoms with Crippen LogP contribution in [0.1, 0.15) is 19.4 Å². The normalized spacial score (nSPS) is 16.5. The molecule has 0 aromatic heterocycles. The molecule has 1 aromatic rings. The van der Waals surface area contributed by atoms with E-state index in [1.54, 1.807) is 25.1 Å². The Balaban J connectivity index is 2.45. The van der Waals surface area contributed by atoms with Gasteiger partial charge in [-0.05, 0) is 31.9 Å². The average molecular weight is 241 g/mol. The van der Waals surface area contributed by atoms with E-state index < -0.39 is 5.60 Å². The third kappa shape index (κ3) is 4.81. The first-order valence-corrected chi connectivity index (χ1v) is 5.74. The standard InChI is InChI=1S/C13H20FNO2/c1-10(15-8-13(2,17)9-16)7-11-5-3-4-6-12(11)14/h3-6,10,15-17H,7-9H2,1-2H3. The van der Waals surface area contributed by atoms with E-state index in [0.717, 1.165) is 0 Å². The Morgan fingerprint density at radius 1 is 1.41 bits per heavy atom. The molecule has 1 rings (SSSR count). The fraction of sp³-hybridized carbons (Fsp3) is 0.538. The monoisotopic (exact) mass is 241 g/mol. The lowest BCUT2D eigenvalue weighted by Gasteiger charge is -2.23. The highest BCUT2D eigenvalue weighted by Gasteiger charge is 2.19. The van der Waals surface area contributed by atoms with Crippen LogP contribution in [-0.4, -0.2) is 35.0 Å². The second kappa shape index (κ2) is 6.10. The van der Waals surface area contributed by atoms with E-state index >= 15 is 0 Å². The quantitative estimate of drug-likeness (QED) is 0.699. The van der Waals surface area contributed by atoms with Crippen molar-refractivity contribution in [2.75, 3.05) is 13.2 Å². The number of nitrogens with one attached hydrogen (secondary N) is 1. The summed E-state index contributed by atoms with van der Waals surface area (Å²) >= 11 is 0. The number of hydrogen-bond donors (Lipinski definition) is 3. The molecular formula is C13H20FNO2. The average Bonchev–Trinajstić information content (AvgIpc) is 2.30. The van der Waals surface area contributed by atoms with Crippen LogP contribution >= 0.6 is 0 Å². The van der Waals surface area contributed by atoms with Gasteiger partial charge >= 0.3 is 0 Å². The molecule has 0 amide bonds. The molecule has 3 N–H and O–H groups in total. The van der Waals surface area contributed by atoms with Gasteiger partial charge in [0.1, 0.15) is 5.82 Å².